The van der Waals surface area contributed by atoms with E-state index in [-0.39, 0.29) is 5.91 Å². The van der Waals surface area contributed by atoms with E-state index in [1.54, 1.807) is 11.3 Å². The minimum absolute atomic E-state index is 0.0458. The molecule has 2 heterocycles. The molecule has 0 radical (unpaired) electrons. The Kier molecular flexibility index (Phi) is 3.08. The van der Waals surface area contributed by atoms with Crippen molar-refractivity contribution in [1.29, 1.82) is 0 Å². The van der Waals surface area contributed by atoms with Gasteiger partial charge in [-0.1, -0.05) is 12.1 Å². The van der Waals surface area contributed by atoms with Gasteiger partial charge in [0.25, 0.3) is 5.91 Å². The largest absolute Gasteiger partial charge is 0.345 e. The van der Waals surface area contributed by atoms with Crippen LogP contribution in [0.1, 0.15) is 15.4 Å². The molecule has 1 aromatic carbocycles. The van der Waals surface area contributed by atoms with Crippen LogP contribution in [0.2, 0.25) is 0 Å². The fourth-order valence-electron chi connectivity index (χ4n) is 1.65. The number of carbonyl (C=O) groups is 1. The Labute approximate surface area is 112 Å². The van der Waals surface area contributed by atoms with Gasteiger partial charge in [-0.2, -0.15) is 11.3 Å². The van der Waals surface area contributed by atoms with Crippen molar-refractivity contribution in [3.63, 3.8) is 0 Å². The third-order valence-corrected chi connectivity index (χ3v) is 4.24. The molecule has 0 spiro atoms. The van der Waals surface area contributed by atoms with Crippen LogP contribution in [0.25, 0.3) is 10.2 Å². The number of thiazole rings is 1. The monoisotopic (exact) mass is 274 g/mol. The summed E-state index contributed by atoms with van der Waals surface area (Å²) < 4.78 is 1.15. The van der Waals surface area contributed by atoms with E-state index in [1.165, 1.54) is 11.3 Å². The lowest BCUT2D eigenvalue weighted by atomic mass is 10.3. The topological polar surface area (TPSA) is 42.0 Å². The number of para-hydroxylation sites is 1. The smallest absolute Gasteiger partial charge is 0.252 e. The molecule has 90 valence electrons. The number of aromatic nitrogens is 1. The molecule has 0 aliphatic heterocycles. The second-order valence-corrected chi connectivity index (χ2v) is 5.67. The van der Waals surface area contributed by atoms with Gasteiger partial charge in [-0.15, -0.1) is 11.3 Å². The van der Waals surface area contributed by atoms with Crippen molar-refractivity contribution in [2.75, 3.05) is 0 Å². The lowest BCUT2D eigenvalue weighted by molar-refractivity contribution is 0.0951. The van der Waals surface area contributed by atoms with E-state index in [4.69, 9.17) is 0 Å². The SMILES string of the molecule is O=C(NCc1nc2ccccc2s1)c1ccsc1. The van der Waals surface area contributed by atoms with Crippen LogP contribution in [-0.4, -0.2) is 10.9 Å². The molecule has 3 rings (SSSR count). The van der Waals surface area contributed by atoms with E-state index < -0.39 is 0 Å². The first kappa shape index (κ1) is 11.4. The molecule has 0 aliphatic carbocycles. The first-order valence-electron chi connectivity index (χ1n) is 5.48. The highest BCUT2D eigenvalue weighted by molar-refractivity contribution is 7.18. The van der Waals surface area contributed by atoms with Crippen LogP contribution in [0.15, 0.2) is 41.1 Å². The normalized spacial score (nSPS) is 10.7. The molecule has 0 saturated heterocycles. The summed E-state index contributed by atoms with van der Waals surface area (Å²) in [5, 5.41) is 7.54. The summed E-state index contributed by atoms with van der Waals surface area (Å²) in [4.78, 5) is 16.2. The van der Waals surface area contributed by atoms with Crippen LogP contribution < -0.4 is 5.32 Å². The summed E-state index contributed by atoms with van der Waals surface area (Å²) in [6, 6.07) is 9.80. The highest BCUT2D eigenvalue weighted by atomic mass is 32.1. The molecule has 0 bridgehead atoms. The third-order valence-electron chi connectivity index (χ3n) is 2.52. The second-order valence-electron chi connectivity index (χ2n) is 3.77. The van der Waals surface area contributed by atoms with Crippen molar-refractivity contribution in [1.82, 2.24) is 10.3 Å². The van der Waals surface area contributed by atoms with Crippen molar-refractivity contribution in [3.8, 4) is 0 Å². The van der Waals surface area contributed by atoms with Crippen LogP contribution in [0.3, 0.4) is 0 Å². The molecule has 2 aromatic heterocycles. The van der Waals surface area contributed by atoms with Gasteiger partial charge in [0.05, 0.1) is 16.8 Å². The number of amides is 1. The van der Waals surface area contributed by atoms with E-state index in [9.17, 15) is 4.79 Å². The highest BCUT2D eigenvalue weighted by Gasteiger charge is 2.07. The Hall–Kier alpha value is -1.72. The lowest BCUT2D eigenvalue weighted by Crippen LogP contribution is -2.21. The summed E-state index contributed by atoms with van der Waals surface area (Å²) in [7, 11) is 0. The third kappa shape index (κ3) is 2.27. The zero-order chi connectivity index (χ0) is 12.4. The van der Waals surface area contributed by atoms with Crippen molar-refractivity contribution in [2.45, 2.75) is 6.54 Å². The molecular formula is C13H10N2OS2. The Bertz CT molecular complexity index is 640. The molecular weight excluding hydrogens is 264 g/mol. The van der Waals surface area contributed by atoms with E-state index >= 15 is 0 Å². The molecule has 5 heteroatoms. The fraction of sp³-hybridized carbons (Fsp3) is 0.0769. The number of nitrogens with one attached hydrogen (secondary N) is 1. The predicted molar refractivity (Wildman–Crippen MR) is 75.1 cm³/mol. The van der Waals surface area contributed by atoms with E-state index in [2.05, 4.69) is 10.3 Å². The summed E-state index contributed by atoms with van der Waals surface area (Å²) in [6.45, 7) is 0.480. The van der Waals surface area contributed by atoms with Crippen LogP contribution in [0, 0.1) is 0 Å². The van der Waals surface area contributed by atoms with Gasteiger partial charge in [-0.05, 0) is 23.6 Å². The summed E-state index contributed by atoms with van der Waals surface area (Å²) in [5.74, 6) is -0.0458. The number of hydrogen-bond acceptors (Lipinski definition) is 4. The van der Waals surface area contributed by atoms with Crippen LogP contribution >= 0.6 is 22.7 Å². The molecule has 0 atom stereocenters. The summed E-state index contributed by atoms with van der Waals surface area (Å²) in [5.41, 5.74) is 1.70. The fourth-order valence-corrected chi connectivity index (χ4v) is 3.19. The first-order valence-corrected chi connectivity index (χ1v) is 7.24. The average molecular weight is 274 g/mol. The number of benzene rings is 1. The maximum absolute atomic E-state index is 11.8. The van der Waals surface area contributed by atoms with E-state index in [0.717, 1.165) is 15.2 Å². The lowest BCUT2D eigenvalue weighted by Gasteiger charge is -1.99. The Morgan fingerprint density at radius 1 is 1.28 bits per heavy atom. The van der Waals surface area contributed by atoms with Gasteiger partial charge in [0, 0.05) is 10.9 Å². The Morgan fingerprint density at radius 3 is 2.94 bits per heavy atom. The van der Waals surface area contributed by atoms with Crippen LogP contribution in [0.4, 0.5) is 0 Å². The van der Waals surface area contributed by atoms with Crippen LogP contribution in [-0.2, 0) is 6.54 Å². The predicted octanol–water partition coefficient (Wildman–Crippen LogP) is 3.29. The number of thiophene rings is 1. The second kappa shape index (κ2) is 4.88. The molecule has 0 unspecified atom stereocenters. The van der Waals surface area contributed by atoms with Gasteiger partial charge in [0.15, 0.2) is 0 Å². The van der Waals surface area contributed by atoms with Gasteiger partial charge in [-0.25, -0.2) is 4.98 Å². The van der Waals surface area contributed by atoms with Crippen molar-refractivity contribution in [2.24, 2.45) is 0 Å². The molecule has 0 fully saturated rings. The quantitative estimate of drug-likeness (QED) is 0.796. The maximum atomic E-state index is 11.8. The van der Waals surface area contributed by atoms with E-state index in [0.29, 0.717) is 12.1 Å². The maximum Gasteiger partial charge on any atom is 0.252 e. The Balaban J connectivity index is 1.71. The minimum atomic E-state index is -0.0458. The minimum Gasteiger partial charge on any atom is -0.345 e. The number of hydrogen-bond donors (Lipinski definition) is 1. The molecule has 3 nitrogen and oxygen atoms in total. The summed E-state index contributed by atoms with van der Waals surface area (Å²) in [6.07, 6.45) is 0. The zero-order valence-corrected chi connectivity index (χ0v) is 11.1. The van der Waals surface area contributed by atoms with Crippen molar-refractivity contribution < 1.29 is 4.79 Å². The van der Waals surface area contributed by atoms with Crippen molar-refractivity contribution in [3.05, 3.63) is 51.7 Å². The van der Waals surface area contributed by atoms with Gasteiger partial charge < -0.3 is 5.32 Å². The number of nitrogens with zero attached hydrogens (tertiary/aromatic N) is 1. The molecule has 0 aliphatic rings. The molecule has 1 amide bonds. The average Bonchev–Trinajstić information content (AvgIpc) is 3.04. The van der Waals surface area contributed by atoms with Gasteiger partial charge in [0.1, 0.15) is 5.01 Å². The highest BCUT2D eigenvalue weighted by Crippen LogP contribution is 2.21. The molecule has 0 saturated carbocycles. The van der Waals surface area contributed by atoms with E-state index in [1.807, 2.05) is 41.1 Å². The number of rotatable bonds is 3. The molecule has 1 N–H and O–H groups in total. The molecule has 18 heavy (non-hydrogen) atoms. The zero-order valence-electron chi connectivity index (χ0n) is 9.42. The molecule has 3 aromatic rings. The van der Waals surface area contributed by atoms with Gasteiger partial charge >= 0.3 is 0 Å². The number of fused-ring (bicyclic) bond motifs is 1. The number of carbonyl (C=O) groups excluding carboxylic acids is 1. The standard InChI is InChI=1S/C13H10N2OS2/c16-13(9-5-6-17-8-9)14-7-12-15-10-3-1-2-4-11(10)18-12/h1-6,8H,7H2,(H,14,16). The van der Waals surface area contributed by atoms with Crippen LogP contribution in [0.5, 0.6) is 0 Å². The summed E-state index contributed by atoms with van der Waals surface area (Å²) >= 11 is 3.13. The van der Waals surface area contributed by atoms with Crippen molar-refractivity contribution >= 4 is 38.8 Å². The first-order chi connectivity index (χ1) is 8.83. The van der Waals surface area contributed by atoms with Gasteiger partial charge in [-0.3, -0.25) is 4.79 Å². The Morgan fingerprint density at radius 2 is 2.17 bits per heavy atom. The van der Waals surface area contributed by atoms with Gasteiger partial charge in [0.2, 0.25) is 0 Å².